The van der Waals surface area contributed by atoms with Crippen LogP contribution in [0.3, 0.4) is 0 Å². The lowest BCUT2D eigenvalue weighted by atomic mass is 9.55. The molecule has 2 heteroatoms. The van der Waals surface area contributed by atoms with Crippen LogP contribution in [-0.4, -0.2) is 15.7 Å². The van der Waals surface area contributed by atoms with Crippen molar-refractivity contribution in [2.24, 2.45) is 0 Å². The van der Waals surface area contributed by atoms with Crippen LogP contribution in [0, 0.1) is 0 Å². The minimum absolute atomic E-state index is 0.458. The van der Waals surface area contributed by atoms with Gasteiger partial charge in [0.25, 0.3) is 0 Å². The molecule has 4 radical (unpaired) electrons. The molecule has 0 atom stereocenters. The van der Waals surface area contributed by atoms with Crippen LogP contribution >= 0.6 is 0 Å². The Hall–Kier alpha value is 0.130. The van der Waals surface area contributed by atoms with Gasteiger partial charge in [-0.25, -0.2) is 0 Å². The summed E-state index contributed by atoms with van der Waals surface area (Å²) in [5, 5.41) is -0.458. The van der Waals surface area contributed by atoms with E-state index in [0.717, 1.165) is 6.42 Å². The Morgan fingerprint density at radius 1 is 1.50 bits per heavy atom. The molecule has 0 saturated heterocycles. The zero-order chi connectivity index (χ0) is 5.21. The third kappa shape index (κ3) is 4.13. The van der Waals surface area contributed by atoms with Crippen molar-refractivity contribution < 1.29 is 0 Å². The van der Waals surface area contributed by atoms with E-state index >= 15 is 0 Å². The topological polar surface area (TPSA) is 0 Å². The first kappa shape index (κ1) is 6.13. The fraction of sp³-hybridized carbons (Fsp3) is 1.00. The van der Waals surface area contributed by atoms with Gasteiger partial charge in [-0.15, -0.1) is 5.21 Å². The Morgan fingerprint density at radius 2 is 1.67 bits per heavy atom. The average Bonchev–Trinajstić information content (AvgIpc) is 1.35. The smallest absolute Gasteiger partial charge is 0.0616 e. The van der Waals surface area contributed by atoms with E-state index in [4.69, 9.17) is 15.7 Å². The summed E-state index contributed by atoms with van der Waals surface area (Å²) in [6, 6.07) is 0. The molecule has 0 unspecified atom stereocenters. The first-order valence-electron chi connectivity index (χ1n) is 2.14. The van der Waals surface area contributed by atoms with E-state index in [1.54, 1.807) is 6.92 Å². The van der Waals surface area contributed by atoms with E-state index in [0.29, 0.717) is 0 Å². The van der Waals surface area contributed by atoms with Crippen molar-refractivity contribution in [3.05, 3.63) is 0 Å². The van der Waals surface area contributed by atoms with Gasteiger partial charge in [0.1, 0.15) is 0 Å². The van der Waals surface area contributed by atoms with Crippen molar-refractivity contribution in [1.82, 2.24) is 0 Å². The van der Waals surface area contributed by atoms with Crippen LogP contribution in [0.5, 0.6) is 0 Å². The van der Waals surface area contributed by atoms with Gasteiger partial charge in [-0.05, 0) is 0 Å². The molecule has 0 aromatic heterocycles. The minimum Gasteiger partial charge on any atom is -0.102 e. The first-order chi connectivity index (χ1) is 2.56. The van der Waals surface area contributed by atoms with Crippen molar-refractivity contribution in [1.29, 1.82) is 0 Å². The molecule has 6 heavy (non-hydrogen) atoms. The van der Waals surface area contributed by atoms with Crippen LogP contribution < -0.4 is 0 Å². The van der Waals surface area contributed by atoms with Gasteiger partial charge < -0.3 is 0 Å². The predicted octanol–water partition coefficient (Wildman–Crippen LogP) is 0.869. The molecule has 0 aliphatic heterocycles. The number of rotatable bonds is 1. The summed E-state index contributed by atoms with van der Waals surface area (Å²) < 4.78 is 0. The molecule has 0 spiro atoms. The number of hydrogen-bond acceptors (Lipinski definition) is 0. The fourth-order valence-electron chi connectivity index (χ4n) is 0. The Balaban J connectivity index is 3.17. The Morgan fingerprint density at radius 3 is 1.67 bits per heavy atom. The summed E-state index contributed by atoms with van der Waals surface area (Å²) in [6.07, 6.45) is 0.826. The summed E-state index contributed by atoms with van der Waals surface area (Å²) >= 11 is 0. The second kappa shape index (κ2) is 1.72. The van der Waals surface area contributed by atoms with Crippen molar-refractivity contribution in [2.75, 3.05) is 0 Å². The number of hydrogen-bond donors (Lipinski definition) is 0. The maximum Gasteiger partial charge on any atom is 0.0616 e. The zero-order valence-electron chi connectivity index (χ0n) is 4.36. The minimum atomic E-state index is -0.458. The van der Waals surface area contributed by atoms with Gasteiger partial charge in [-0.3, -0.25) is 0 Å². The molecule has 0 heterocycles. The van der Waals surface area contributed by atoms with Crippen LogP contribution in [0.25, 0.3) is 0 Å². The molecule has 30 valence electrons. The quantitative estimate of drug-likeness (QED) is 0.408. The molecule has 0 N–H and O–H groups in total. The normalized spacial score (nSPS) is 11.7. The van der Waals surface area contributed by atoms with Crippen LogP contribution in [0.15, 0.2) is 0 Å². The van der Waals surface area contributed by atoms with E-state index in [2.05, 4.69) is 0 Å². The molecule has 0 amide bonds. The molecule has 0 aliphatic carbocycles. The van der Waals surface area contributed by atoms with E-state index in [1.807, 2.05) is 6.92 Å². The van der Waals surface area contributed by atoms with E-state index in [-0.39, 0.29) is 0 Å². The molecule has 0 aliphatic rings. The van der Waals surface area contributed by atoms with Gasteiger partial charge in [0.2, 0.25) is 0 Å². The maximum atomic E-state index is 5.31. The van der Waals surface area contributed by atoms with Crippen LogP contribution in [0.1, 0.15) is 20.3 Å². The average molecular weight is 77.7 g/mol. The third-order valence-electron chi connectivity index (χ3n) is 0.762. The zero-order valence-corrected chi connectivity index (χ0v) is 4.36. The summed E-state index contributed by atoms with van der Waals surface area (Å²) in [6.45, 7) is 3.76. The highest BCUT2D eigenvalue weighted by atomic mass is 13.9. The summed E-state index contributed by atoms with van der Waals surface area (Å²) in [7, 11) is 10.6. The van der Waals surface area contributed by atoms with Crippen LogP contribution in [-0.2, 0) is 0 Å². The van der Waals surface area contributed by atoms with Gasteiger partial charge in [-0.2, -0.15) is 0 Å². The van der Waals surface area contributed by atoms with Crippen molar-refractivity contribution >= 4 is 15.7 Å². The van der Waals surface area contributed by atoms with E-state index in [1.165, 1.54) is 0 Å². The Kier molecular flexibility index (Phi) is 1.76. The van der Waals surface area contributed by atoms with Crippen molar-refractivity contribution in [3.63, 3.8) is 0 Å². The van der Waals surface area contributed by atoms with Gasteiger partial charge in [0.15, 0.2) is 0 Å². The highest BCUT2D eigenvalue weighted by Crippen LogP contribution is 2.16. The van der Waals surface area contributed by atoms with Crippen LogP contribution in [0.4, 0.5) is 0 Å². The molecule has 0 bridgehead atoms. The molecular formula is C4H8B2. The van der Waals surface area contributed by atoms with Gasteiger partial charge in [0, 0.05) is 0 Å². The lowest BCUT2D eigenvalue weighted by molar-refractivity contribution is 0.803. The molecular weight excluding hydrogens is 69.7 g/mol. The molecule has 0 aromatic rings. The fourth-order valence-corrected chi connectivity index (χ4v) is 0. The maximum absolute atomic E-state index is 5.31. The standard InChI is InChI=1S/C4H8B2/c1-3-4(2,5)6/h3H2,1-2H3. The Labute approximate surface area is 42.1 Å². The van der Waals surface area contributed by atoms with Gasteiger partial charge >= 0.3 is 0 Å². The van der Waals surface area contributed by atoms with E-state index < -0.39 is 5.21 Å². The summed E-state index contributed by atoms with van der Waals surface area (Å²) in [5.41, 5.74) is 0. The molecule has 0 nitrogen and oxygen atoms in total. The molecule has 0 fully saturated rings. The lowest BCUT2D eigenvalue weighted by Gasteiger charge is -2.13. The first-order valence-corrected chi connectivity index (χ1v) is 2.14. The third-order valence-corrected chi connectivity index (χ3v) is 0.762. The molecule has 0 rings (SSSR count). The second-order valence-electron chi connectivity index (χ2n) is 1.86. The Bertz CT molecular complexity index is 35.3. The lowest BCUT2D eigenvalue weighted by Crippen LogP contribution is -2.03. The second-order valence-corrected chi connectivity index (χ2v) is 1.86. The highest BCUT2D eigenvalue weighted by molar-refractivity contribution is 6.39. The SMILES string of the molecule is [B]C([B])(C)CC. The summed E-state index contributed by atoms with van der Waals surface area (Å²) in [4.78, 5) is 0. The van der Waals surface area contributed by atoms with Crippen molar-refractivity contribution in [2.45, 2.75) is 25.5 Å². The summed E-state index contributed by atoms with van der Waals surface area (Å²) in [5.74, 6) is 0. The van der Waals surface area contributed by atoms with Crippen LogP contribution in [0.2, 0.25) is 5.21 Å². The van der Waals surface area contributed by atoms with Gasteiger partial charge in [0.05, 0.1) is 15.7 Å². The largest absolute Gasteiger partial charge is 0.102 e. The van der Waals surface area contributed by atoms with Crippen molar-refractivity contribution in [3.8, 4) is 0 Å². The highest BCUT2D eigenvalue weighted by Gasteiger charge is 2.02. The molecule has 0 aromatic carbocycles. The van der Waals surface area contributed by atoms with Gasteiger partial charge in [-0.1, -0.05) is 20.3 Å². The monoisotopic (exact) mass is 78.1 g/mol. The predicted molar refractivity (Wildman–Crippen MR) is 30.2 cm³/mol. The van der Waals surface area contributed by atoms with E-state index in [9.17, 15) is 0 Å². The molecule has 0 saturated carbocycles.